The molecular weight excluding hydrogens is 553 g/mol. The second-order valence-electron chi connectivity index (χ2n) is 9.39. The van der Waals surface area contributed by atoms with Gasteiger partial charge in [0.2, 0.25) is 0 Å². The zero-order valence-corrected chi connectivity index (χ0v) is 22.8. The molecule has 7 heteroatoms. The van der Waals surface area contributed by atoms with Gasteiger partial charge in [0.1, 0.15) is 23.2 Å². The molecule has 41 heavy (non-hydrogen) atoms. The molecule has 5 aromatic rings. The maximum Gasteiger partial charge on any atom is 0.404 e. The van der Waals surface area contributed by atoms with E-state index in [4.69, 9.17) is 0 Å². The first kappa shape index (κ1) is 30.1. The summed E-state index contributed by atoms with van der Waals surface area (Å²) in [7, 11) is -1.78. The Bertz CT molecular complexity index is 1340. The molecule has 0 heterocycles. The van der Waals surface area contributed by atoms with Crippen LogP contribution in [0, 0.1) is 0 Å². The van der Waals surface area contributed by atoms with Crippen LogP contribution in [0.25, 0.3) is 0 Å². The number of hydrogen-bond acceptors (Lipinski definition) is 0. The van der Waals surface area contributed by atoms with E-state index in [0.717, 1.165) is 30.4 Å². The van der Waals surface area contributed by atoms with Crippen LogP contribution in [-0.4, -0.2) is 12.4 Å². The first-order chi connectivity index (χ1) is 19.6. The Balaban J connectivity index is 0.000000221. The normalized spacial score (nSPS) is 12.0. The third-order valence-corrected chi connectivity index (χ3v) is 11.0. The van der Waals surface area contributed by atoms with Gasteiger partial charge in [0.05, 0.1) is 6.16 Å². The molecule has 5 aromatic carbocycles. The quantitative estimate of drug-likeness (QED) is 0.139. The largest absolute Gasteiger partial charge is 0.404 e. The zero-order chi connectivity index (χ0) is 29.3. The Labute approximate surface area is 236 Å². The molecule has 0 fully saturated rings. The van der Waals surface area contributed by atoms with Crippen molar-refractivity contribution in [2.75, 3.05) is 0 Å². The van der Waals surface area contributed by atoms with E-state index in [2.05, 4.69) is 121 Å². The van der Waals surface area contributed by atoms with Crippen LogP contribution < -0.4 is 15.9 Å². The lowest BCUT2D eigenvalue weighted by Crippen LogP contribution is -2.34. The summed E-state index contributed by atoms with van der Waals surface area (Å²) in [5.41, 5.74) is 0.592. The molecule has 0 aliphatic rings. The van der Waals surface area contributed by atoms with E-state index < -0.39 is 31.1 Å². The van der Waals surface area contributed by atoms with Crippen molar-refractivity contribution >= 4 is 23.2 Å². The summed E-state index contributed by atoms with van der Waals surface area (Å²) < 4.78 is 73.1. The highest BCUT2D eigenvalue weighted by atomic mass is 31.2. The average Bonchev–Trinajstić information content (AvgIpc) is 2.97. The fourth-order valence-corrected chi connectivity index (χ4v) is 9.08. The van der Waals surface area contributed by atoms with Gasteiger partial charge in [0, 0.05) is 0 Å². The fraction of sp³-hybridized carbons (Fsp3) is 0.118. The van der Waals surface area contributed by atoms with Gasteiger partial charge < -0.3 is 0 Å². The molecule has 0 saturated heterocycles. The summed E-state index contributed by atoms with van der Waals surface area (Å²) in [5, 5.41) is 4.30. The second kappa shape index (κ2) is 13.2. The van der Waals surface area contributed by atoms with Gasteiger partial charge >= 0.3 is 12.4 Å². The van der Waals surface area contributed by atoms with Crippen LogP contribution in [0.15, 0.2) is 152 Å². The number of rotatable bonds is 6. The van der Waals surface area contributed by atoms with Crippen LogP contribution in [0.2, 0.25) is 0 Å². The third-order valence-electron chi connectivity index (χ3n) is 6.64. The number of benzene rings is 5. The number of hydrogen-bond donors (Lipinski definition) is 0. The van der Waals surface area contributed by atoms with Gasteiger partial charge in [-0.15, -0.1) is 0 Å². The van der Waals surface area contributed by atoms with Gasteiger partial charge in [-0.2, -0.15) is 26.3 Å². The lowest BCUT2D eigenvalue weighted by Gasteiger charge is -2.27. The Morgan fingerprint density at radius 2 is 0.707 bits per heavy atom. The minimum atomic E-state index is -5.32. The van der Waals surface area contributed by atoms with E-state index in [1.54, 1.807) is 0 Å². The van der Waals surface area contributed by atoms with Crippen molar-refractivity contribution < 1.29 is 26.3 Å². The van der Waals surface area contributed by atoms with Gasteiger partial charge in [-0.05, 0) is 47.5 Å². The molecule has 0 nitrogen and oxygen atoms in total. The summed E-state index contributed by atoms with van der Waals surface area (Å²) in [6, 6.07) is 49.3. The molecule has 5 rings (SSSR count). The lowest BCUT2D eigenvalue weighted by molar-refractivity contribution is -0.253. The minimum absolute atomic E-state index is 0.794. The molecule has 0 atom stereocenters. The van der Waals surface area contributed by atoms with Gasteiger partial charge in [0.25, 0.3) is 0 Å². The summed E-state index contributed by atoms with van der Waals surface area (Å²) in [5.74, 6) is -3.41. The standard InChI is InChI=1S/C25H22P.C9H6F6/c1-5-13-22(14-6-1)21-26(23-15-7-2-8-16-23,24-17-9-3-10-18-24)25-19-11-4-12-20-25;10-8(11,12)7(9(13,14)15)6-4-2-1-3-5-6/h1-20H,21H2;1-5,7H/q+1;. The highest BCUT2D eigenvalue weighted by Crippen LogP contribution is 2.58. The lowest BCUT2D eigenvalue weighted by atomic mass is 9.98. The molecule has 0 N–H and O–H groups in total. The van der Waals surface area contributed by atoms with E-state index in [-0.39, 0.29) is 0 Å². The van der Waals surface area contributed by atoms with Crippen LogP contribution in [0.1, 0.15) is 17.0 Å². The fourth-order valence-electron chi connectivity index (χ4n) is 4.83. The monoisotopic (exact) mass is 581 g/mol. The molecular formula is C34H28F6P+. The van der Waals surface area contributed by atoms with E-state index >= 15 is 0 Å². The topological polar surface area (TPSA) is 0 Å². The predicted octanol–water partition coefficient (Wildman–Crippen LogP) is 9.08. The van der Waals surface area contributed by atoms with Gasteiger partial charge in [-0.25, -0.2) is 0 Å². The molecule has 0 aromatic heterocycles. The molecule has 0 unspecified atom stereocenters. The average molecular weight is 582 g/mol. The molecule has 0 aliphatic heterocycles. The van der Waals surface area contributed by atoms with Gasteiger partial charge in [-0.1, -0.05) is 115 Å². The van der Waals surface area contributed by atoms with Crippen LogP contribution in [-0.2, 0) is 6.16 Å². The number of alkyl halides is 6. The summed E-state index contributed by atoms with van der Waals surface area (Å²) in [6.07, 6.45) is -9.61. The Hall–Kier alpha value is -3.89. The Kier molecular flexibility index (Phi) is 9.67. The van der Waals surface area contributed by atoms with E-state index in [9.17, 15) is 26.3 Å². The van der Waals surface area contributed by atoms with Crippen LogP contribution in [0.4, 0.5) is 26.3 Å². The minimum Gasteiger partial charge on any atom is -0.170 e. The highest BCUT2D eigenvalue weighted by molar-refractivity contribution is 7.95. The van der Waals surface area contributed by atoms with Crippen molar-refractivity contribution in [2.45, 2.75) is 24.4 Å². The Morgan fingerprint density at radius 1 is 0.415 bits per heavy atom. The van der Waals surface area contributed by atoms with Gasteiger partial charge in [0.15, 0.2) is 5.92 Å². The summed E-state index contributed by atoms with van der Waals surface area (Å²) in [4.78, 5) is 0. The van der Waals surface area contributed by atoms with Gasteiger partial charge in [-0.3, -0.25) is 0 Å². The molecule has 210 valence electrons. The second-order valence-corrected chi connectivity index (χ2v) is 12.9. The summed E-state index contributed by atoms with van der Waals surface area (Å²) >= 11 is 0. The van der Waals surface area contributed by atoms with Crippen molar-refractivity contribution in [3.05, 3.63) is 163 Å². The molecule has 0 amide bonds. The first-order valence-electron chi connectivity index (χ1n) is 12.9. The third kappa shape index (κ3) is 7.45. The molecule has 0 spiro atoms. The highest BCUT2D eigenvalue weighted by Gasteiger charge is 2.57. The van der Waals surface area contributed by atoms with Crippen molar-refractivity contribution in [1.82, 2.24) is 0 Å². The van der Waals surface area contributed by atoms with Crippen LogP contribution >= 0.6 is 7.26 Å². The van der Waals surface area contributed by atoms with Crippen molar-refractivity contribution in [3.8, 4) is 0 Å². The molecule has 0 bridgehead atoms. The maximum absolute atomic E-state index is 12.2. The Morgan fingerprint density at radius 3 is 1.02 bits per heavy atom. The molecule has 0 aliphatic carbocycles. The number of halogens is 6. The van der Waals surface area contributed by atoms with E-state index in [1.807, 2.05) is 0 Å². The molecule has 0 saturated carbocycles. The summed E-state index contributed by atoms with van der Waals surface area (Å²) in [6.45, 7) is 0. The van der Waals surface area contributed by atoms with Crippen molar-refractivity contribution in [3.63, 3.8) is 0 Å². The van der Waals surface area contributed by atoms with Crippen molar-refractivity contribution in [2.24, 2.45) is 0 Å². The predicted molar refractivity (Wildman–Crippen MR) is 157 cm³/mol. The zero-order valence-electron chi connectivity index (χ0n) is 21.9. The van der Waals surface area contributed by atoms with Crippen molar-refractivity contribution in [1.29, 1.82) is 0 Å². The van der Waals surface area contributed by atoms with E-state index in [0.29, 0.717) is 0 Å². The van der Waals surface area contributed by atoms with Crippen LogP contribution in [0.5, 0.6) is 0 Å². The molecule has 0 radical (unpaired) electrons. The van der Waals surface area contributed by atoms with E-state index in [1.165, 1.54) is 27.5 Å². The SMILES string of the molecule is FC(F)(F)C(c1ccccc1)C(F)(F)F.c1ccc(C[P+](c2ccccc2)(c2ccccc2)c2ccccc2)cc1. The first-order valence-corrected chi connectivity index (χ1v) is 14.9. The smallest absolute Gasteiger partial charge is 0.170 e. The maximum atomic E-state index is 12.2. The van der Waals surface area contributed by atoms with Crippen LogP contribution in [0.3, 0.4) is 0 Å².